The predicted molar refractivity (Wildman–Crippen MR) is 98.9 cm³/mol. The van der Waals surface area contributed by atoms with Crippen molar-refractivity contribution in [1.29, 1.82) is 0 Å². The molecule has 5 nitrogen and oxygen atoms in total. The van der Waals surface area contributed by atoms with Crippen molar-refractivity contribution in [2.45, 2.75) is 46.0 Å². The van der Waals surface area contributed by atoms with Crippen LogP contribution in [-0.4, -0.2) is 80.6 Å². The van der Waals surface area contributed by atoms with Crippen LogP contribution in [0.2, 0.25) is 25.7 Å². The lowest BCUT2D eigenvalue weighted by Crippen LogP contribution is -2.49. The van der Waals surface area contributed by atoms with Crippen LogP contribution in [0.15, 0.2) is 0 Å². The first-order valence-electron chi connectivity index (χ1n) is 8.41. The van der Waals surface area contributed by atoms with E-state index in [-0.39, 0.29) is 0 Å². The van der Waals surface area contributed by atoms with Crippen LogP contribution in [0.5, 0.6) is 0 Å². The molecule has 7 heteroatoms. The van der Waals surface area contributed by atoms with Crippen LogP contribution >= 0.6 is 0 Å². The minimum absolute atomic E-state index is 0.874. The Bertz CT molecular complexity index is 276. The Morgan fingerprint density at radius 3 is 1.68 bits per heavy atom. The maximum Gasteiger partial charge on any atom is 0.500 e. The molecule has 0 atom stereocenters. The van der Waals surface area contributed by atoms with Crippen LogP contribution in [0, 0.1) is 0 Å². The summed E-state index contributed by atoms with van der Waals surface area (Å²) in [5.74, 6) is 0. The molecule has 22 heavy (non-hydrogen) atoms. The molecule has 0 radical (unpaired) electrons. The van der Waals surface area contributed by atoms with Crippen molar-refractivity contribution in [3.63, 3.8) is 0 Å². The van der Waals surface area contributed by atoms with E-state index < -0.39 is 17.0 Å². The maximum absolute atomic E-state index is 5.49. The van der Waals surface area contributed by atoms with Crippen LogP contribution < -0.4 is 0 Å². The molecule has 0 heterocycles. The standard InChI is InChI=1S/C15H38N2O3Si2/c1-9-16(13-14-17(10-2)21(6,7)8)12-11-15-22(18-3,19-4)20-5/h9-15H2,1-8H3. The van der Waals surface area contributed by atoms with Gasteiger partial charge in [-0.2, -0.15) is 0 Å². The lowest BCUT2D eigenvalue weighted by Gasteiger charge is -2.35. The number of nitrogens with zero attached hydrogens (tertiary/aromatic N) is 2. The third kappa shape index (κ3) is 7.67. The summed E-state index contributed by atoms with van der Waals surface area (Å²) in [6, 6.07) is 0.874. The van der Waals surface area contributed by atoms with Crippen LogP contribution in [0.25, 0.3) is 0 Å². The van der Waals surface area contributed by atoms with E-state index in [0.717, 1.165) is 38.6 Å². The summed E-state index contributed by atoms with van der Waals surface area (Å²) in [6.45, 7) is 17.4. The minimum atomic E-state index is -2.41. The summed E-state index contributed by atoms with van der Waals surface area (Å²) < 4.78 is 19.1. The van der Waals surface area contributed by atoms with Gasteiger partial charge in [-0.25, -0.2) is 0 Å². The van der Waals surface area contributed by atoms with Gasteiger partial charge in [-0.3, -0.25) is 0 Å². The van der Waals surface area contributed by atoms with E-state index in [9.17, 15) is 0 Å². The molecule has 0 aromatic carbocycles. The zero-order valence-electron chi connectivity index (χ0n) is 16.1. The van der Waals surface area contributed by atoms with Crippen molar-refractivity contribution in [3.05, 3.63) is 0 Å². The van der Waals surface area contributed by atoms with E-state index >= 15 is 0 Å². The largest absolute Gasteiger partial charge is 0.500 e. The Balaban J connectivity index is 4.27. The maximum atomic E-state index is 5.49. The first-order valence-corrected chi connectivity index (χ1v) is 13.8. The fourth-order valence-electron chi connectivity index (χ4n) is 2.73. The summed E-state index contributed by atoms with van der Waals surface area (Å²) in [5.41, 5.74) is 0. The molecule has 0 bridgehead atoms. The molecule has 0 rings (SSSR count). The quantitative estimate of drug-likeness (QED) is 0.477. The van der Waals surface area contributed by atoms with Gasteiger partial charge in [0.1, 0.15) is 8.24 Å². The number of likely N-dealkylation sites (N-methyl/N-ethyl adjacent to an activating group) is 2. The van der Waals surface area contributed by atoms with Gasteiger partial charge in [-0.1, -0.05) is 33.5 Å². The predicted octanol–water partition coefficient (Wildman–Crippen LogP) is 2.73. The SMILES string of the molecule is CCN(CCC[Si](OC)(OC)OC)CCN(CC)[Si](C)(C)C. The number of hydrogen-bond acceptors (Lipinski definition) is 5. The van der Waals surface area contributed by atoms with E-state index in [1.807, 2.05) is 0 Å². The molecule has 0 aromatic heterocycles. The fourth-order valence-corrected chi connectivity index (χ4v) is 6.16. The highest BCUT2D eigenvalue weighted by atomic mass is 28.4. The fraction of sp³-hybridized carbons (Fsp3) is 1.00. The van der Waals surface area contributed by atoms with E-state index in [1.54, 1.807) is 21.3 Å². The Morgan fingerprint density at radius 1 is 0.773 bits per heavy atom. The molecule has 0 saturated heterocycles. The second kappa shape index (κ2) is 10.9. The average Bonchev–Trinajstić information content (AvgIpc) is 2.49. The Kier molecular flexibility index (Phi) is 11.0. The Labute approximate surface area is 140 Å². The van der Waals surface area contributed by atoms with Crippen LogP contribution in [0.3, 0.4) is 0 Å². The second-order valence-electron chi connectivity index (χ2n) is 6.58. The normalized spacial score (nSPS) is 13.4. The van der Waals surface area contributed by atoms with E-state index in [1.165, 1.54) is 6.54 Å². The van der Waals surface area contributed by atoms with E-state index in [0.29, 0.717) is 0 Å². The van der Waals surface area contributed by atoms with Gasteiger partial charge in [0.2, 0.25) is 0 Å². The third-order valence-corrected chi connectivity index (χ3v) is 9.62. The molecule has 134 valence electrons. The van der Waals surface area contributed by atoms with Gasteiger partial charge in [-0.15, -0.1) is 0 Å². The molecular formula is C15H38N2O3Si2. The van der Waals surface area contributed by atoms with Gasteiger partial charge in [0.25, 0.3) is 0 Å². The van der Waals surface area contributed by atoms with Crippen molar-refractivity contribution in [2.24, 2.45) is 0 Å². The van der Waals surface area contributed by atoms with Gasteiger partial charge in [0.05, 0.1) is 0 Å². The zero-order chi connectivity index (χ0) is 17.2. The van der Waals surface area contributed by atoms with Crippen LogP contribution in [-0.2, 0) is 13.3 Å². The van der Waals surface area contributed by atoms with Crippen LogP contribution in [0.4, 0.5) is 0 Å². The first-order chi connectivity index (χ1) is 10.3. The molecule has 0 saturated carbocycles. The highest BCUT2D eigenvalue weighted by molar-refractivity contribution is 6.73. The first kappa shape index (κ1) is 22.2. The molecule has 0 fully saturated rings. The second-order valence-corrected chi connectivity index (χ2v) is 14.6. The van der Waals surface area contributed by atoms with Crippen molar-refractivity contribution in [1.82, 2.24) is 9.47 Å². The zero-order valence-corrected chi connectivity index (χ0v) is 18.1. The summed E-state index contributed by atoms with van der Waals surface area (Å²) in [5, 5.41) is 0. The van der Waals surface area contributed by atoms with Crippen LogP contribution in [0.1, 0.15) is 20.3 Å². The van der Waals surface area contributed by atoms with Gasteiger partial charge < -0.3 is 22.7 Å². The summed E-state index contributed by atoms with van der Waals surface area (Å²) in [4.78, 5) is 2.52. The van der Waals surface area contributed by atoms with E-state index in [4.69, 9.17) is 13.3 Å². The summed E-state index contributed by atoms with van der Waals surface area (Å²) >= 11 is 0. The van der Waals surface area contributed by atoms with Gasteiger partial charge >= 0.3 is 8.80 Å². The highest BCUT2D eigenvalue weighted by Crippen LogP contribution is 2.15. The number of rotatable bonds is 13. The van der Waals surface area contributed by atoms with Crippen molar-refractivity contribution in [3.8, 4) is 0 Å². The van der Waals surface area contributed by atoms with Gasteiger partial charge in [0, 0.05) is 40.5 Å². The highest BCUT2D eigenvalue weighted by Gasteiger charge is 2.37. The lowest BCUT2D eigenvalue weighted by atomic mass is 10.4. The van der Waals surface area contributed by atoms with Crippen molar-refractivity contribution < 1.29 is 13.3 Å². The molecule has 0 amide bonds. The molecule has 0 spiro atoms. The monoisotopic (exact) mass is 350 g/mol. The lowest BCUT2D eigenvalue weighted by molar-refractivity contribution is 0.121. The Hall–Kier alpha value is 0.234. The smallest absolute Gasteiger partial charge is 0.377 e. The molecule has 0 aliphatic rings. The third-order valence-electron chi connectivity index (χ3n) is 4.35. The number of hydrogen-bond donors (Lipinski definition) is 0. The van der Waals surface area contributed by atoms with Gasteiger partial charge in [-0.05, 0) is 26.1 Å². The molecule has 0 aliphatic carbocycles. The summed E-state index contributed by atoms with van der Waals surface area (Å²) in [6.07, 6.45) is 1.05. The van der Waals surface area contributed by atoms with E-state index in [2.05, 4.69) is 43.0 Å². The van der Waals surface area contributed by atoms with Crippen molar-refractivity contribution >= 4 is 17.0 Å². The van der Waals surface area contributed by atoms with Crippen molar-refractivity contribution in [2.75, 3.05) is 54.1 Å². The molecule has 0 aromatic rings. The molecule has 0 N–H and O–H groups in total. The van der Waals surface area contributed by atoms with Gasteiger partial charge in [0.15, 0.2) is 0 Å². The Morgan fingerprint density at radius 2 is 1.32 bits per heavy atom. The molecule has 0 unspecified atom stereocenters. The minimum Gasteiger partial charge on any atom is -0.377 e. The topological polar surface area (TPSA) is 34.2 Å². The molecule has 0 aliphatic heterocycles. The molecular weight excluding hydrogens is 312 g/mol. The average molecular weight is 351 g/mol. The summed E-state index contributed by atoms with van der Waals surface area (Å²) in [7, 11) is 1.45.